The van der Waals surface area contributed by atoms with Crippen LogP contribution in [-0.4, -0.2) is 47.5 Å². The lowest BCUT2D eigenvalue weighted by atomic mass is 9.94. The summed E-state index contributed by atoms with van der Waals surface area (Å²) in [6.07, 6.45) is 3.28. The lowest BCUT2D eigenvalue weighted by Gasteiger charge is -2.26. The number of nitrogens with zero attached hydrogens (tertiary/aromatic N) is 2. The molecular weight excluding hydrogens is 460 g/mol. The number of Topliss-reactive ketones (excluding diaryl/α,β-unsaturated/α-hetero) is 1. The van der Waals surface area contributed by atoms with E-state index < -0.39 is 17.7 Å². The highest BCUT2D eigenvalue weighted by Gasteiger charge is 2.46. The largest absolute Gasteiger partial charge is 0.507 e. The van der Waals surface area contributed by atoms with Gasteiger partial charge in [0, 0.05) is 24.5 Å². The number of benzene rings is 2. The molecule has 1 aromatic heterocycles. The zero-order chi connectivity index (χ0) is 25.8. The van der Waals surface area contributed by atoms with Crippen LogP contribution in [0, 0.1) is 6.92 Å². The number of aliphatic hydroxyl groups is 1. The quantitative estimate of drug-likeness (QED) is 0.285. The second kappa shape index (κ2) is 10.5. The third kappa shape index (κ3) is 4.62. The Morgan fingerprint density at radius 1 is 1.03 bits per heavy atom. The number of aromatic nitrogens is 1. The number of hydrogen-bond donors (Lipinski definition) is 1. The molecule has 1 atom stereocenters. The van der Waals surface area contributed by atoms with Gasteiger partial charge in [-0.25, -0.2) is 0 Å². The van der Waals surface area contributed by atoms with Crippen molar-refractivity contribution in [3.63, 3.8) is 0 Å². The predicted molar refractivity (Wildman–Crippen MR) is 134 cm³/mol. The molecule has 8 nitrogen and oxygen atoms in total. The first-order valence-corrected chi connectivity index (χ1v) is 11.5. The van der Waals surface area contributed by atoms with E-state index in [0.29, 0.717) is 35.0 Å². The second-order valence-corrected chi connectivity index (χ2v) is 8.32. The molecule has 36 heavy (non-hydrogen) atoms. The van der Waals surface area contributed by atoms with Crippen LogP contribution < -0.4 is 14.2 Å². The van der Waals surface area contributed by atoms with E-state index in [9.17, 15) is 14.7 Å². The van der Waals surface area contributed by atoms with Gasteiger partial charge in [-0.3, -0.25) is 14.6 Å². The number of rotatable bonds is 8. The molecule has 0 spiro atoms. The van der Waals surface area contributed by atoms with Crippen LogP contribution >= 0.6 is 0 Å². The smallest absolute Gasteiger partial charge is 0.295 e. The van der Waals surface area contributed by atoms with Crippen molar-refractivity contribution >= 4 is 17.4 Å². The number of amides is 1. The van der Waals surface area contributed by atoms with Crippen molar-refractivity contribution in [1.29, 1.82) is 0 Å². The fourth-order valence-corrected chi connectivity index (χ4v) is 4.37. The number of pyridine rings is 1. The van der Waals surface area contributed by atoms with Gasteiger partial charge >= 0.3 is 0 Å². The van der Waals surface area contributed by atoms with E-state index in [1.165, 1.54) is 19.1 Å². The molecule has 186 valence electrons. The van der Waals surface area contributed by atoms with Crippen LogP contribution in [0.1, 0.15) is 35.2 Å². The van der Waals surface area contributed by atoms with Crippen molar-refractivity contribution in [3.8, 4) is 17.2 Å². The molecule has 1 fully saturated rings. The van der Waals surface area contributed by atoms with E-state index >= 15 is 0 Å². The molecule has 0 aliphatic carbocycles. The molecule has 1 aliphatic rings. The summed E-state index contributed by atoms with van der Waals surface area (Å²) in [7, 11) is 3.04. The first kappa shape index (κ1) is 24.8. The zero-order valence-corrected chi connectivity index (χ0v) is 20.6. The summed E-state index contributed by atoms with van der Waals surface area (Å²) in [6, 6.07) is 13.1. The van der Waals surface area contributed by atoms with Crippen LogP contribution in [0.3, 0.4) is 0 Å². The summed E-state index contributed by atoms with van der Waals surface area (Å²) in [5, 5.41) is 11.4. The summed E-state index contributed by atoms with van der Waals surface area (Å²) in [5.41, 5.74) is 2.57. The maximum absolute atomic E-state index is 13.3. The fourth-order valence-electron chi connectivity index (χ4n) is 4.37. The van der Waals surface area contributed by atoms with Crippen molar-refractivity contribution in [2.24, 2.45) is 0 Å². The van der Waals surface area contributed by atoms with Crippen LogP contribution in [0.5, 0.6) is 17.2 Å². The SMILES string of the molecule is CCOc1ccc(/C(O)=C2\C(=O)C(=O)N(Cc3cccnc3)C2c2ccc(OC)c(OC)c2)cc1C. The highest BCUT2D eigenvalue weighted by Crippen LogP contribution is 2.43. The zero-order valence-electron chi connectivity index (χ0n) is 20.6. The maximum Gasteiger partial charge on any atom is 0.295 e. The van der Waals surface area contributed by atoms with Crippen molar-refractivity contribution < 1.29 is 28.9 Å². The summed E-state index contributed by atoms with van der Waals surface area (Å²) in [6.45, 7) is 4.39. The van der Waals surface area contributed by atoms with Crippen molar-refractivity contribution in [2.45, 2.75) is 26.4 Å². The van der Waals surface area contributed by atoms with Gasteiger partial charge in [-0.1, -0.05) is 12.1 Å². The van der Waals surface area contributed by atoms with E-state index in [4.69, 9.17) is 14.2 Å². The first-order chi connectivity index (χ1) is 17.4. The Bertz CT molecular complexity index is 1320. The van der Waals surface area contributed by atoms with E-state index in [-0.39, 0.29) is 17.9 Å². The van der Waals surface area contributed by atoms with E-state index in [1.54, 1.807) is 54.9 Å². The third-order valence-corrected chi connectivity index (χ3v) is 6.09. The van der Waals surface area contributed by atoms with E-state index in [1.807, 2.05) is 19.9 Å². The highest BCUT2D eigenvalue weighted by molar-refractivity contribution is 6.46. The molecule has 1 N–H and O–H groups in total. The van der Waals surface area contributed by atoms with Crippen molar-refractivity contribution in [2.75, 3.05) is 20.8 Å². The molecular formula is C28H28N2O6. The number of hydrogen-bond acceptors (Lipinski definition) is 7. The number of aliphatic hydroxyl groups excluding tert-OH is 1. The Balaban J connectivity index is 1.88. The van der Waals surface area contributed by atoms with Gasteiger partial charge in [0.05, 0.1) is 32.4 Å². The summed E-state index contributed by atoms with van der Waals surface area (Å²) in [4.78, 5) is 32.1. The van der Waals surface area contributed by atoms with Gasteiger partial charge < -0.3 is 24.2 Å². The summed E-state index contributed by atoms with van der Waals surface area (Å²) in [5.74, 6) is -0.0903. The molecule has 2 heterocycles. The average Bonchev–Trinajstić information content (AvgIpc) is 3.14. The minimum absolute atomic E-state index is 0.000305. The van der Waals surface area contributed by atoms with Crippen LogP contribution in [0.25, 0.3) is 5.76 Å². The van der Waals surface area contributed by atoms with Gasteiger partial charge in [0.1, 0.15) is 11.5 Å². The lowest BCUT2D eigenvalue weighted by Crippen LogP contribution is -2.29. The van der Waals surface area contributed by atoms with Crippen LogP contribution in [-0.2, 0) is 16.1 Å². The molecule has 0 saturated carbocycles. The average molecular weight is 489 g/mol. The normalized spacial score (nSPS) is 16.8. The standard InChI is InChI=1S/C28H28N2O6/c1-5-36-21-10-9-20(13-17(21)2)26(31)24-25(19-8-11-22(34-3)23(14-19)35-4)30(28(33)27(24)32)16-18-7-6-12-29-15-18/h6-15,25,31H,5,16H2,1-4H3/b26-24+. The monoisotopic (exact) mass is 488 g/mol. The molecule has 1 aliphatic heterocycles. The first-order valence-electron chi connectivity index (χ1n) is 11.5. The number of aryl methyl sites for hydroxylation is 1. The number of ketones is 1. The molecule has 0 bridgehead atoms. The Morgan fingerprint density at radius 3 is 2.42 bits per heavy atom. The Morgan fingerprint density at radius 2 is 1.78 bits per heavy atom. The van der Waals surface area contributed by atoms with Crippen LogP contribution in [0.4, 0.5) is 0 Å². The molecule has 3 aromatic rings. The Kier molecular flexibility index (Phi) is 7.24. The highest BCUT2D eigenvalue weighted by atomic mass is 16.5. The maximum atomic E-state index is 13.3. The molecule has 4 rings (SSSR count). The van der Waals surface area contributed by atoms with Crippen LogP contribution in [0.15, 0.2) is 66.5 Å². The van der Waals surface area contributed by atoms with Gasteiger partial charge in [0.15, 0.2) is 11.5 Å². The molecule has 1 amide bonds. The third-order valence-electron chi connectivity index (χ3n) is 6.09. The predicted octanol–water partition coefficient (Wildman–Crippen LogP) is 4.43. The van der Waals surface area contributed by atoms with Gasteiger partial charge in [-0.05, 0) is 66.9 Å². The summed E-state index contributed by atoms with van der Waals surface area (Å²) >= 11 is 0. The number of methoxy groups -OCH3 is 2. The van der Waals surface area contributed by atoms with Crippen molar-refractivity contribution in [1.82, 2.24) is 9.88 Å². The van der Waals surface area contributed by atoms with Gasteiger partial charge in [0.25, 0.3) is 11.7 Å². The Hall–Kier alpha value is -4.33. The lowest BCUT2D eigenvalue weighted by molar-refractivity contribution is -0.140. The molecule has 0 radical (unpaired) electrons. The summed E-state index contributed by atoms with van der Waals surface area (Å²) < 4.78 is 16.4. The van der Waals surface area contributed by atoms with Crippen molar-refractivity contribution in [3.05, 3.63) is 88.8 Å². The second-order valence-electron chi connectivity index (χ2n) is 8.32. The van der Waals surface area contributed by atoms with E-state index in [2.05, 4.69) is 4.98 Å². The van der Waals surface area contributed by atoms with Gasteiger partial charge in [-0.15, -0.1) is 0 Å². The molecule has 1 unspecified atom stereocenters. The van der Waals surface area contributed by atoms with Crippen LogP contribution in [0.2, 0.25) is 0 Å². The molecule has 2 aromatic carbocycles. The van der Waals surface area contributed by atoms with E-state index in [0.717, 1.165) is 11.1 Å². The topological polar surface area (TPSA) is 98.2 Å². The van der Waals surface area contributed by atoms with Gasteiger partial charge in [-0.2, -0.15) is 0 Å². The molecule has 1 saturated heterocycles. The van der Waals surface area contributed by atoms with Gasteiger partial charge in [0.2, 0.25) is 0 Å². The number of carbonyl (C=O) groups is 2. The molecule has 8 heteroatoms. The number of carbonyl (C=O) groups excluding carboxylic acids is 2. The minimum Gasteiger partial charge on any atom is -0.507 e. The Labute approximate surface area is 209 Å². The minimum atomic E-state index is -0.850. The number of likely N-dealkylation sites (tertiary alicyclic amines) is 1. The number of ether oxygens (including phenoxy) is 3. The fraction of sp³-hybridized carbons (Fsp3) is 0.250.